The van der Waals surface area contributed by atoms with Gasteiger partial charge in [0.2, 0.25) is 0 Å². The molecule has 354 valence electrons. The van der Waals surface area contributed by atoms with Crippen LogP contribution in [0.15, 0.2) is 34.8 Å². The van der Waals surface area contributed by atoms with E-state index in [4.69, 9.17) is 45.0 Å². The first-order chi connectivity index (χ1) is 29.9. The van der Waals surface area contributed by atoms with Crippen LogP contribution in [-0.2, 0) is 46.4 Å². The van der Waals surface area contributed by atoms with E-state index in [-0.39, 0.29) is 47.4 Å². The van der Waals surface area contributed by atoms with Crippen LogP contribution in [0, 0.1) is 0 Å². The van der Waals surface area contributed by atoms with Crippen molar-refractivity contribution in [2.45, 2.75) is 113 Å². The third-order valence-electron chi connectivity index (χ3n) is 8.85. The van der Waals surface area contributed by atoms with Crippen LogP contribution >= 0.6 is 37.2 Å². The number of aliphatic hydroxyl groups is 1. The molecule has 10 atom stereocenters. The maximum atomic E-state index is 14.2. The highest BCUT2D eigenvalue weighted by Gasteiger charge is 2.50. The number of nitrogens with two attached hydrogens (primary N) is 2. The third kappa shape index (κ3) is 14.2. The van der Waals surface area contributed by atoms with Gasteiger partial charge in [-0.15, -0.1) is 0 Å². The average Bonchev–Trinajstić information content (AvgIpc) is 3.88. The number of aromatic nitrogens is 6. The van der Waals surface area contributed by atoms with E-state index in [1.165, 1.54) is 44.7 Å². The number of azide groups is 1. The maximum absolute atomic E-state index is 14.2. The first-order valence-corrected chi connectivity index (χ1v) is 24.4. The minimum absolute atomic E-state index is 0.0162. The highest BCUT2D eigenvalue weighted by atomic mass is 33.1. The molecule has 3 aromatic rings. The van der Waals surface area contributed by atoms with Gasteiger partial charge in [-0.25, -0.2) is 38.5 Å². The Kier molecular flexibility index (Phi) is 17.1. The Balaban J connectivity index is 1.42. The molecular formula is C32H48N12O16P2S2. The molecule has 0 radical (unpaired) electrons. The molecular weight excluding hydrogens is 935 g/mol. The summed E-state index contributed by atoms with van der Waals surface area (Å²) in [5.41, 5.74) is 18.9. The number of ether oxygens (including phenoxy) is 4. The molecule has 1 amide bonds. The lowest BCUT2D eigenvalue weighted by Crippen LogP contribution is -2.49. The van der Waals surface area contributed by atoms with Gasteiger partial charge in [-0.3, -0.25) is 22.7 Å². The smallest absolute Gasteiger partial charge is 0.455 e. The van der Waals surface area contributed by atoms with Gasteiger partial charge in [0.15, 0.2) is 23.8 Å². The number of esters is 1. The molecule has 32 heteroatoms. The number of amides is 1. The SMILES string of the molecule is CC(C)SS[C@@H](CN=[N+]=[N-])C[C@@H](NC(=O)OC(C)(C)C)C(=O)OC1C(COP(=O)(O)O[C@H]2C[C@H](n3ccc(N)nc3=O)O[C@@H]2COP(=O)(O)O)OC(n2cnc3c(N)ncnc32)C1O. The lowest BCUT2D eigenvalue weighted by atomic mass is 10.1. The van der Waals surface area contributed by atoms with Crippen LogP contribution in [-0.4, -0.2) is 133 Å². The fourth-order valence-corrected chi connectivity index (χ4v) is 9.84. The summed E-state index contributed by atoms with van der Waals surface area (Å²) in [7, 11) is -7.64. The Hall–Kier alpha value is -4.12. The van der Waals surface area contributed by atoms with E-state index in [1.54, 1.807) is 20.8 Å². The van der Waals surface area contributed by atoms with Crippen LogP contribution in [0.3, 0.4) is 0 Å². The fraction of sp³-hybridized carbons (Fsp3) is 0.656. The molecule has 5 rings (SSSR count). The van der Waals surface area contributed by atoms with Crippen LogP contribution in [0.25, 0.3) is 21.6 Å². The lowest BCUT2D eigenvalue weighted by molar-refractivity contribution is -0.159. The topological polar surface area (TPSA) is 405 Å². The third-order valence-corrected chi connectivity index (χ3v) is 13.8. The number of rotatable bonds is 20. The minimum Gasteiger partial charge on any atom is -0.455 e. The van der Waals surface area contributed by atoms with Crippen molar-refractivity contribution in [1.29, 1.82) is 0 Å². The van der Waals surface area contributed by atoms with Crippen molar-refractivity contribution in [1.82, 2.24) is 34.4 Å². The summed E-state index contributed by atoms with van der Waals surface area (Å²) in [6.07, 6.45) is -8.76. The number of nitrogens with zero attached hydrogens (tertiary/aromatic N) is 9. The highest BCUT2D eigenvalue weighted by molar-refractivity contribution is 8.77. The van der Waals surface area contributed by atoms with Gasteiger partial charge in [0, 0.05) is 34.6 Å². The number of carbonyl (C=O) groups is 2. The summed E-state index contributed by atoms with van der Waals surface area (Å²) >= 11 is 0. The zero-order valence-corrected chi connectivity index (χ0v) is 38.1. The molecule has 0 spiro atoms. The van der Waals surface area contributed by atoms with E-state index in [2.05, 4.69) is 39.8 Å². The van der Waals surface area contributed by atoms with Crippen molar-refractivity contribution in [2.75, 3.05) is 31.2 Å². The molecule has 2 saturated heterocycles. The first kappa shape index (κ1) is 50.9. The number of anilines is 2. The molecule has 0 saturated carbocycles. The van der Waals surface area contributed by atoms with Crippen molar-refractivity contribution >= 4 is 72.1 Å². The molecule has 0 bridgehead atoms. The van der Waals surface area contributed by atoms with Gasteiger partial charge >= 0.3 is 33.4 Å². The van der Waals surface area contributed by atoms with Crippen LogP contribution in [0.5, 0.6) is 0 Å². The van der Waals surface area contributed by atoms with Gasteiger partial charge < -0.3 is 55.5 Å². The number of carbonyl (C=O) groups excluding carboxylic acids is 2. The molecule has 2 fully saturated rings. The summed E-state index contributed by atoms with van der Waals surface area (Å²) in [5.74, 6) is -1.25. The zero-order chi connectivity index (χ0) is 47.1. The van der Waals surface area contributed by atoms with Crippen LogP contribution in [0.2, 0.25) is 0 Å². The number of imidazole rings is 1. The molecule has 0 aliphatic carbocycles. The Labute approximate surface area is 371 Å². The Morgan fingerprint density at radius 3 is 2.47 bits per heavy atom. The van der Waals surface area contributed by atoms with E-state index in [1.807, 2.05) is 13.8 Å². The van der Waals surface area contributed by atoms with E-state index in [0.29, 0.717) is 0 Å². The quantitative estimate of drug-likeness (QED) is 0.0213. The number of hydrogen-bond donors (Lipinski definition) is 7. The molecule has 64 heavy (non-hydrogen) atoms. The highest BCUT2D eigenvalue weighted by Crippen LogP contribution is 2.50. The standard InChI is InChI=1S/C32H48N12O16P2S2/c1-15(2)63-64-16(10-39-42-35)8-17(40-31(48)59-32(3,4)5)29(46)58-25-20(57-28(24(25)45)44-14-38-23-26(34)36-13-37-27(23)44)12-55-62(52,53)60-18-9-22(43-7-6-21(33)41-30(43)47)56-19(18)11-54-61(49,50)51/h6-7,13-20,22,24-25,28,45H,8-12H2,1-5H3,(H,40,48)(H,52,53)(H2,33,41,47)(H2,34,36,37)(H2,49,50,51)/t16-,17-,18+,19-,20?,22-,24?,25?,28?/m1/s1. The van der Waals surface area contributed by atoms with Crippen LogP contribution in [0.4, 0.5) is 16.4 Å². The molecule has 9 N–H and O–H groups in total. The summed E-state index contributed by atoms with van der Waals surface area (Å²) in [6.45, 7) is 6.76. The first-order valence-electron chi connectivity index (χ1n) is 19.1. The van der Waals surface area contributed by atoms with Gasteiger partial charge in [0.25, 0.3) is 0 Å². The molecule has 28 nitrogen and oxygen atoms in total. The Morgan fingerprint density at radius 1 is 1.09 bits per heavy atom. The number of nitrogen functional groups attached to an aromatic ring is 2. The minimum atomic E-state index is -5.27. The van der Waals surface area contributed by atoms with Crippen molar-refractivity contribution in [3.63, 3.8) is 0 Å². The number of phosphoric acid groups is 2. The second-order valence-corrected chi connectivity index (χ2v) is 21.1. The number of fused-ring (bicyclic) bond motifs is 1. The van der Waals surface area contributed by atoms with Crippen molar-refractivity contribution in [2.24, 2.45) is 5.11 Å². The number of hydrogen-bond acceptors (Lipinski definition) is 22. The van der Waals surface area contributed by atoms with Crippen LogP contribution in [0.1, 0.15) is 59.9 Å². The maximum Gasteiger partial charge on any atom is 0.472 e. The van der Waals surface area contributed by atoms with Gasteiger partial charge in [-0.2, -0.15) is 4.98 Å². The number of alkyl carbamates (subject to hydrolysis) is 1. The van der Waals surface area contributed by atoms with E-state index in [0.717, 1.165) is 10.9 Å². The molecule has 5 unspecified atom stereocenters. The second-order valence-electron chi connectivity index (χ2n) is 15.4. The molecule has 2 aliphatic heterocycles. The summed E-state index contributed by atoms with van der Waals surface area (Å²) in [5, 5.41) is 17.5. The monoisotopic (exact) mass is 982 g/mol. The van der Waals surface area contributed by atoms with Gasteiger partial charge in [-0.1, -0.05) is 40.5 Å². The van der Waals surface area contributed by atoms with Crippen LogP contribution < -0.4 is 22.5 Å². The predicted octanol–water partition coefficient (Wildman–Crippen LogP) is 2.07. The average molecular weight is 983 g/mol. The lowest BCUT2D eigenvalue weighted by Gasteiger charge is -2.28. The Morgan fingerprint density at radius 2 is 1.81 bits per heavy atom. The number of aliphatic hydroxyl groups excluding tert-OH is 1. The predicted molar refractivity (Wildman–Crippen MR) is 226 cm³/mol. The van der Waals surface area contributed by atoms with Gasteiger partial charge in [0.05, 0.1) is 19.5 Å². The second kappa shape index (κ2) is 21.5. The van der Waals surface area contributed by atoms with Crippen molar-refractivity contribution in [3.05, 3.63) is 45.8 Å². The van der Waals surface area contributed by atoms with Crippen molar-refractivity contribution < 1.29 is 71.0 Å². The zero-order valence-electron chi connectivity index (χ0n) is 34.7. The molecule has 2 aliphatic rings. The summed E-state index contributed by atoms with van der Waals surface area (Å²) in [6, 6.07) is -0.217. The Bertz CT molecular complexity index is 2330. The summed E-state index contributed by atoms with van der Waals surface area (Å²) < 4.78 is 65.7. The van der Waals surface area contributed by atoms with Gasteiger partial charge in [0.1, 0.15) is 59.9 Å². The summed E-state index contributed by atoms with van der Waals surface area (Å²) in [4.78, 5) is 88.1. The number of nitrogens with one attached hydrogen (secondary N) is 1. The van der Waals surface area contributed by atoms with Crippen molar-refractivity contribution in [3.8, 4) is 0 Å². The van der Waals surface area contributed by atoms with E-state index < -0.39 is 106 Å². The normalized spacial score (nSPS) is 24.5. The van der Waals surface area contributed by atoms with E-state index in [9.17, 15) is 43.3 Å². The molecule has 5 heterocycles. The van der Waals surface area contributed by atoms with Gasteiger partial charge in [-0.05, 0) is 38.8 Å². The molecule has 0 aromatic carbocycles. The fourth-order valence-electron chi connectivity index (χ4n) is 6.21. The largest absolute Gasteiger partial charge is 0.472 e. The van der Waals surface area contributed by atoms with E-state index >= 15 is 0 Å². The number of phosphoric ester groups is 2. The molecule has 3 aromatic heterocycles.